The van der Waals surface area contributed by atoms with E-state index in [-0.39, 0.29) is 0 Å². The van der Waals surface area contributed by atoms with Gasteiger partial charge in [-0.25, -0.2) is 0 Å². The van der Waals surface area contributed by atoms with Crippen molar-refractivity contribution >= 4 is 12.0 Å². The van der Waals surface area contributed by atoms with Crippen LogP contribution in [0.15, 0.2) is 41.8 Å². The molecule has 14 heavy (non-hydrogen) atoms. The second-order valence-electron chi connectivity index (χ2n) is 3.04. The summed E-state index contributed by atoms with van der Waals surface area (Å²) >= 11 is 0. The van der Waals surface area contributed by atoms with Gasteiger partial charge in [0.05, 0.1) is 0 Å². The van der Waals surface area contributed by atoms with Gasteiger partial charge in [0, 0.05) is 5.69 Å². The van der Waals surface area contributed by atoms with Gasteiger partial charge in [-0.15, -0.1) is 0 Å². The molecule has 0 aliphatic carbocycles. The van der Waals surface area contributed by atoms with E-state index in [0.29, 0.717) is 18.2 Å². The zero-order valence-corrected chi connectivity index (χ0v) is 7.86. The van der Waals surface area contributed by atoms with Gasteiger partial charge in [-0.2, -0.15) is 0 Å². The Labute approximate surface area is 82.6 Å². The van der Waals surface area contributed by atoms with Crippen molar-refractivity contribution in [2.75, 3.05) is 11.6 Å². The van der Waals surface area contributed by atoms with Crippen LogP contribution in [0.5, 0.6) is 0 Å². The smallest absolute Gasteiger partial charge is 0.255 e. The number of anilines is 1. The molecule has 1 aromatic rings. The molecule has 0 atom stereocenters. The molecule has 1 aliphatic rings. The average molecular weight is 188 g/mol. The molecule has 1 aromatic carbocycles. The summed E-state index contributed by atoms with van der Waals surface area (Å²) in [6, 6.07) is 9.64. The van der Waals surface area contributed by atoms with Gasteiger partial charge in [-0.3, -0.25) is 4.79 Å². The van der Waals surface area contributed by atoms with Crippen molar-refractivity contribution in [2.45, 2.75) is 6.92 Å². The van der Waals surface area contributed by atoms with E-state index in [1.165, 1.54) is 0 Å². The molecular formula is C11H10NO2. The van der Waals surface area contributed by atoms with Crippen LogP contribution < -0.4 is 4.90 Å². The molecule has 0 bridgehead atoms. The Balaban J connectivity index is 2.34. The summed E-state index contributed by atoms with van der Waals surface area (Å²) in [5.74, 6) is 0.629. The first kappa shape index (κ1) is 8.81. The highest BCUT2D eigenvalue weighted by atomic mass is 16.5. The zero-order valence-electron chi connectivity index (χ0n) is 7.86. The van der Waals surface area contributed by atoms with Crippen LogP contribution in [-0.2, 0) is 9.53 Å². The summed E-state index contributed by atoms with van der Waals surface area (Å²) in [6.45, 7) is 2.16. The maximum atomic E-state index is 10.7. The number of allylic oxidation sites excluding steroid dienone is 2. The normalized spacial score (nSPS) is 15.6. The fourth-order valence-electron chi connectivity index (χ4n) is 1.42. The van der Waals surface area contributed by atoms with Crippen LogP contribution in [0.4, 0.5) is 5.69 Å². The topological polar surface area (TPSA) is 29.5 Å². The Hall–Kier alpha value is -1.77. The first-order chi connectivity index (χ1) is 6.83. The molecule has 0 aromatic heterocycles. The van der Waals surface area contributed by atoms with Gasteiger partial charge < -0.3 is 9.64 Å². The van der Waals surface area contributed by atoms with E-state index >= 15 is 0 Å². The summed E-state index contributed by atoms with van der Waals surface area (Å²) in [5, 5.41) is 0. The van der Waals surface area contributed by atoms with Crippen molar-refractivity contribution in [3.63, 3.8) is 0 Å². The Bertz CT molecular complexity index is 370. The standard InChI is InChI=1S/C11H10NO2/c1-9-11(7-13)12(8-14-9)10-5-3-2-4-6-10/h2-6H,8H2,1H3. The third-order valence-electron chi connectivity index (χ3n) is 2.18. The van der Waals surface area contributed by atoms with E-state index < -0.39 is 0 Å². The van der Waals surface area contributed by atoms with Crippen molar-refractivity contribution in [1.29, 1.82) is 0 Å². The SMILES string of the molecule is CC1=C([C]=O)N(c2ccccc2)CO1. The maximum Gasteiger partial charge on any atom is 0.255 e. The lowest BCUT2D eigenvalue weighted by atomic mass is 10.3. The van der Waals surface area contributed by atoms with E-state index in [9.17, 15) is 4.79 Å². The number of nitrogens with zero attached hydrogens (tertiary/aromatic N) is 1. The average Bonchev–Trinajstić information content (AvgIpc) is 2.61. The predicted octanol–water partition coefficient (Wildman–Crippen LogP) is 1.82. The van der Waals surface area contributed by atoms with Gasteiger partial charge in [-0.1, -0.05) is 18.2 Å². The monoisotopic (exact) mass is 188 g/mol. The first-order valence-corrected chi connectivity index (χ1v) is 4.37. The van der Waals surface area contributed by atoms with E-state index in [4.69, 9.17) is 4.74 Å². The molecular weight excluding hydrogens is 178 g/mol. The van der Waals surface area contributed by atoms with Crippen LogP contribution in [0, 0.1) is 0 Å². The molecule has 0 N–H and O–H groups in total. The van der Waals surface area contributed by atoms with E-state index in [1.807, 2.05) is 36.6 Å². The molecule has 71 valence electrons. The molecule has 0 fully saturated rings. The number of para-hydroxylation sites is 1. The lowest BCUT2D eigenvalue weighted by Crippen LogP contribution is -2.19. The molecule has 3 heteroatoms. The quantitative estimate of drug-likeness (QED) is 0.709. The van der Waals surface area contributed by atoms with Crippen molar-refractivity contribution in [2.24, 2.45) is 0 Å². The molecule has 3 nitrogen and oxygen atoms in total. The minimum absolute atomic E-state index is 0.389. The van der Waals surface area contributed by atoms with Crippen LogP contribution in [-0.4, -0.2) is 13.0 Å². The van der Waals surface area contributed by atoms with E-state index in [1.54, 1.807) is 11.8 Å². The second-order valence-corrected chi connectivity index (χ2v) is 3.04. The molecule has 1 aliphatic heterocycles. The summed E-state index contributed by atoms with van der Waals surface area (Å²) in [6.07, 6.45) is 1.89. The fraction of sp³-hybridized carbons (Fsp3) is 0.182. The van der Waals surface area contributed by atoms with Crippen LogP contribution in [0.3, 0.4) is 0 Å². The molecule has 0 unspecified atom stereocenters. The zero-order chi connectivity index (χ0) is 9.97. The first-order valence-electron chi connectivity index (χ1n) is 4.37. The van der Waals surface area contributed by atoms with Crippen LogP contribution in [0.25, 0.3) is 0 Å². The minimum Gasteiger partial charge on any atom is -0.475 e. The highest BCUT2D eigenvalue weighted by molar-refractivity contribution is 5.82. The van der Waals surface area contributed by atoms with Gasteiger partial charge >= 0.3 is 0 Å². The summed E-state index contributed by atoms with van der Waals surface area (Å²) in [7, 11) is 0. The number of hydrogen-bond acceptors (Lipinski definition) is 3. The highest BCUT2D eigenvalue weighted by Crippen LogP contribution is 2.25. The van der Waals surface area contributed by atoms with Gasteiger partial charge in [0.25, 0.3) is 6.29 Å². The van der Waals surface area contributed by atoms with Crippen molar-refractivity contribution in [3.05, 3.63) is 41.8 Å². The summed E-state index contributed by atoms with van der Waals surface area (Å²) < 4.78 is 5.27. The third kappa shape index (κ3) is 1.37. The molecule has 1 heterocycles. The molecule has 0 spiro atoms. The molecule has 1 radical (unpaired) electrons. The molecule has 0 amide bonds. The van der Waals surface area contributed by atoms with Gasteiger partial charge in [0.1, 0.15) is 11.5 Å². The lowest BCUT2D eigenvalue weighted by Gasteiger charge is -2.15. The Morgan fingerprint density at radius 1 is 1.36 bits per heavy atom. The van der Waals surface area contributed by atoms with Gasteiger partial charge in [0.15, 0.2) is 6.73 Å². The van der Waals surface area contributed by atoms with Crippen LogP contribution in [0.2, 0.25) is 0 Å². The van der Waals surface area contributed by atoms with Crippen LogP contribution >= 0.6 is 0 Å². The van der Waals surface area contributed by atoms with Crippen molar-refractivity contribution in [3.8, 4) is 0 Å². The lowest BCUT2D eigenvalue weighted by molar-refractivity contribution is 0.247. The van der Waals surface area contributed by atoms with Gasteiger partial charge in [-0.05, 0) is 19.1 Å². The van der Waals surface area contributed by atoms with Crippen LogP contribution in [0.1, 0.15) is 6.92 Å². The van der Waals surface area contributed by atoms with E-state index in [0.717, 1.165) is 5.69 Å². The maximum absolute atomic E-state index is 10.7. The Kier molecular flexibility index (Phi) is 2.23. The Morgan fingerprint density at radius 3 is 2.71 bits per heavy atom. The largest absolute Gasteiger partial charge is 0.475 e. The van der Waals surface area contributed by atoms with Crippen molar-refractivity contribution in [1.82, 2.24) is 0 Å². The van der Waals surface area contributed by atoms with Gasteiger partial charge in [0.2, 0.25) is 0 Å². The summed E-state index contributed by atoms with van der Waals surface area (Å²) in [4.78, 5) is 12.5. The van der Waals surface area contributed by atoms with E-state index in [2.05, 4.69) is 0 Å². The predicted molar refractivity (Wildman–Crippen MR) is 53.3 cm³/mol. The summed E-state index contributed by atoms with van der Waals surface area (Å²) in [5.41, 5.74) is 1.43. The molecule has 2 rings (SSSR count). The minimum atomic E-state index is 0.389. The fourth-order valence-corrected chi connectivity index (χ4v) is 1.42. The number of hydrogen-bond donors (Lipinski definition) is 0. The number of ether oxygens (including phenoxy) is 1. The molecule has 0 saturated carbocycles. The van der Waals surface area contributed by atoms with Crippen molar-refractivity contribution < 1.29 is 9.53 Å². The second kappa shape index (κ2) is 3.54. The number of benzene rings is 1. The highest BCUT2D eigenvalue weighted by Gasteiger charge is 2.22. The number of carbonyl (C=O) groups excluding carboxylic acids is 1. The number of rotatable bonds is 2. The Morgan fingerprint density at radius 2 is 2.07 bits per heavy atom. The molecule has 0 saturated heterocycles. The third-order valence-corrected chi connectivity index (χ3v) is 2.18.